The molecule has 1 atom stereocenters. The Morgan fingerprint density at radius 1 is 1.60 bits per heavy atom. The molecule has 0 saturated carbocycles. The van der Waals surface area contributed by atoms with Crippen LogP contribution in [0.1, 0.15) is 36.5 Å². The summed E-state index contributed by atoms with van der Waals surface area (Å²) in [4.78, 5) is 14.6. The van der Waals surface area contributed by atoms with Crippen molar-refractivity contribution in [3.05, 3.63) is 17.5 Å². The summed E-state index contributed by atoms with van der Waals surface area (Å²) >= 11 is 0. The molecule has 2 heterocycles. The van der Waals surface area contributed by atoms with Gasteiger partial charge in [-0.25, -0.2) is 0 Å². The van der Waals surface area contributed by atoms with E-state index < -0.39 is 0 Å². The van der Waals surface area contributed by atoms with Gasteiger partial charge in [-0.05, 0) is 25.3 Å². The lowest BCUT2D eigenvalue weighted by Gasteiger charge is -2.26. The maximum absolute atomic E-state index is 12.6. The van der Waals surface area contributed by atoms with E-state index in [1.807, 2.05) is 24.9 Å². The summed E-state index contributed by atoms with van der Waals surface area (Å²) in [6, 6.07) is 1.86. The minimum absolute atomic E-state index is 0.0364. The van der Waals surface area contributed by atoms with Crippen LogP contribution in [-0.4, -0.2) is 46.9 Å². The minimum atomic E-state index is 0.0364. The summed E-state index contributed by atoms with van der Waals surface area (Å²) in [5.74, 6) is 0.947. The molecule has 0 aliphatic carbocycles. The van der Waals surface area contributed by atoms with Crippen molar-refractivity contribution in [2.24, 2.45) is 18.9 Å². The quantitative estimate of drug-likeness (QED) is 0.826. The van der Waals surface area contributed by atoms with Crippen LogP contribution in [0.25, 0.3) is 0 Å². The van der Waals surface area contributed by atoms with Crippen LogP contribution in [0.3, 0.4) is 0 Å². The first-order valence-electron chi connectivity index (χ1n) is 7.35. The van der Waals surface area contributed by atoms with Crippen molar-refractivity contribution in [1.29, 1.82) is 0 Å². The lowest BCUT2D eigenvalue weighted by Crippen LogP contribution is -2.38. The van der Waals surface area contributed by atoms with Crippen LogP contribution in [0.5, 0.6) is 0 Å². The van der Waals surface area contributed by atoms with Gasteiger partial charge in [0, 0.05) is 38.4 Å². The average molecular weight is 279 g/mol. The molecule has 1 aliphatic rings. The number of hydrogen-bond donors (Lipinski definition) is 0. The van der Waals surface area contributed by atoms with Crippen molar-refractivity contribution in [2.75, 3.05) is 26.3 Å². The van der Waals surface area contributed by atoms with Crippen LogP contribution in [0.2, 0.25) is 0 Å². The van der Waals surface area contributed by atoms with Crippen molar-refractivity contribution in [3.8, 4) is 0 Å². The van der Waals surface area contributed by atoms with Crippen molar-refractivity contribution < 1.29 is 9.53 Å². The van der Waals surface area contributed by atoms with Gasteiger partial charge in [-0.15, -0.1) is 0 Å². The molecule has 0 spiro atoms. The minimum Gasteiger partial charge on any atom is -0.381 e. The Hall–Kier alpha value is -1.36. The lowest BCUT2D eigenvalue weighted by molar-refractivity contribution is 0.0692. The second kappa shape index (κ2) is 6.39. The fourth-order valence-electron chi connectivity index (χ4n) is 2.55. The molecule has 0 aromatic carbocycles. The number of aromatic nitrogens is 2. The number of carbonyl (C=O) groups excluding carboxylic acids is 1. The van der Waals surface area contributed by atoms with Crippen LogP contribution < -0.4 is 0 Å². The molecule has 2 rings (SSSR count). The smallest absolute Gasteiger partial charge is 0.274 e. The first-order chi connectivity index (χ1) is 9.47. The SMILES string of the molecule is Cc1cc(C(=O)N(CC(C)C)C[C@@H]2CCOC2)nn1C. The second-order valence-corrected chi connectivity index (χ2v) is 6.13. The molecule has 0 unspecified atom stereocenters. The molecule has 1 aromatic heterocycles. The van der Waals surface area contributed by atoms with Crippen LogP contribution >= 0.6 is 0 Å². The van der Waals surface area contributed by atoms with Crippen LogP contribution in [-0.2, 0) is 11.8 Å². The summed E-state index contributed by atoms with van der Waals surface area (Å²) in [6.07, 6.45) is 1.04. The number of rotatable bonds is 5. The Labute approximate surface area is 120 Å². The molecule has 1 amide bonds. The maximum Gasteiger partial charge on any atom is 0.274 e. The molecule has 1 fully saturated rings. The topological polar surface area (TPSA) is 47.4 Å². The molecule has 20 heavy (non-hydrogen) atoms. The molecule has 5 nitrogen and oxygen atoms in total. The van der Waals surface area contributed by atoms with Gasteiger partial charge in [0.05, 0.1) is 6.61 Å². The van der Waals surface area contributed by atoms with E-state index in [4.69, 9.17) is 4.74 Å². The van der Waals surface area contributed by atoms with Crippen LogP contribution in [0.15, 0.2) is 6.07 Å². The summed E-state index contributed by atoms with van der Waals surface area (Å²) in [7, 11) is 1.86. The first-order valence-corrected chi connectivity index (χ1v) is 7.35. The Balaban J connectivity index is 2.09. The van der Waals surface area contributed by atoms with E-state index in [1.165, 1.54) is 0 Å². The molecule has 112 valence electrons. The largest absolute Gasteiger partial charge is 0.381 e. The number of carbonyl (C=O) groups is 1. The normalized spacial score (nSPS) is 18.8. The number of aryl methyl sites for hydroxylation is 2. The van der Waals surface area contributed by atoms with E-state index in [0.29, 0.717) is 17.5 Å². The van der Waals surface area contributed by atoms with Gasteiger partial charge in [0.25, 0.3) is 5.91 Å². The molecule has 0 N–H and O–H groups in total. The fraction of sp³-hybridized carbons (Fsp3) is 0.733. The molecule has 1 aromatic rings. The summed E-state index contributed by atoms with van der Waals surface area (Å²) in [5, 5.41) is 4.31. The highest BCUT2D eigenvalue weighted by Crippen LogP contribution is 2.17. The van der Waals surface area contributed by atoms with E-state index in [2.05, 4.69) is 18.9 Å². The van der Waals surface area contributed by atoms with Crippen LogP contribution in [0, 0.1) is 18.8 Å². The van der Waals surface area contributed by atoms with E-state index in [1.54, 1.807) is 4.68 Å². The highest BCUT2D eigenvalue weighted by Gasteiger charge is 2.25. The Bertz CT molecular complexity index is 442. The zero-order valence-electron chi connectivity index (χ0n) is 12.9. The number of nitrogens with zero attached hydrogens (tertiary/aromatic N) is 3. The van der Waals surface area contributed by atoms with Gasteiger partial charge >= 0.3 is 0 Å². The maximum atomic E-state index is 12.6. The van der Waals surface area contributed by atoms with Gasteiger partial charge in [0.2, 0.25) is 0 Å². The van der Waals surface area contributed by atoms with E-state index >= 15 is 0 Å². The van der Waals surface area contributed by atoms with E-state index in [0.717, 1.165) is 38.4 Å². The standard InChI is InChI=1S/C15H25N3O2/c1-11(2)8-18(9-13-5-6-20-10-13)15(19)14-7-12(3)17(4)16-14/h7,11,13H,5-6,8-10H2,1-4H3/t13-/m0/s1. The molecule has 5 heteroatoms. The first kappa shape index (κ1) is 15.0. The predicted molar refractivity (Wildman–Crippen MR) is 77.6 cm³/mol. The third-order valence-electron chi connectivity index (χ3n) is 3.71. The van der Waals surface area contributed by atoms with Gasteiger partial charge in [0.15, 0.2) is 5.69 Å². The van der Waals surface area contributed by atoms with Gasteiger partial charge in [-0.2, -0.15) is 5.10 Å². The van der Waals surface area contributed by atoms with Crippen LogP contribution in [0.4, 0.5) is 0 Å². The molecule has 1 saturated heterocycles. The fourth-order valence-corrected chi connectivity index (χ4v) is 2.55. The summed E-state index contributed by atoms with van der Waals surface area (Å²) < 4.78 is 7.16. The predicted octanol–water partition coefficient (Wildman–Crippen LogP) is 1.86. The third-order valence-corrected chi connectivity index (χ3v) is 3.71. The van der Waals surface area contributed by atoms with Crippen molar-refractivity contribution in [3.63, 3.8) is 0 Å². The number of amides is 1. The zero-order valence-corrected chi connectivity index (χ0v) is 12.9. The van der Waals surface area contributed by atoms with Gasteiger partial charge in [-0.3, -0.25) is 9.48 Å². The van der Waals surface area contributed by atoms with E-state index in [-0.39, 0.29) is 5.91 Å². The molecule has 0 radical (unpaired) electrons. The Morgan fingerprint density at radius 3 is 2.85 bits per heavy atom. The highest BCUT2D eigenvalue weighted by molar-refractivity contribution is 5.92. The second-order valence-electron chi connectivity index (χ2n) is 6.13. The molecule has 1 aliphatic heterocycles. The molecular weight excluding hydrogens is 254 g/mol. The average Bonchev–Trinajstić information content (AvgIpc) is 2.98. The summed E-state index contributed by atoms with van der Waals surface area (Å²) in [5.41, 5.74) is 1.55. The van der Waals surface area contributed by atoms with Gasteiger partial charge < -0.3 is 9.64 Å². The summed E-state index contributed by atoms with van der Waals surface area (Å²) in [6.45, 7) is 9.35. The van der Waals surface area contributed by atoms with Gasteiger partial charge in [0.1, 0.15) is 0 Å². The number of ether oxygens (including phenoxy) is 1. The van der Waals surface area contributed by atoms with Crippen molar-refractivity contribution >= 4 is 5.91 Å². The van der Waals surface area contributed by atoms with Crippen molar-refractivity contribution in [2.45, 2.75) is 27.2 Å². The van der Waals surface area contributed by atoms with E-state index in [9.17, 15) is 4.79 Å². The zero-order chi connectivity index (χ0) is 14.7. The third kappa shape index (κ3) is 3.60. The van der Waals surface area contributed by atoms with Crippen molar-refractivity contribution in [1.82, 2.24) is 14.7 Å². The number of hydrogen-bond acceptors (Lipinski definition) is 3. The lowest BCUT2D eigenvalue weighted by atomic mass is 10.1. The van der Waals surface area contributed by atoms with Gasteiger partial charge in [-0.1, -0.05) is 13.8 Å². The Morgan fingerprint density at radius 2 is 2.35 bits per heavy atom. The molecule has 0 bridgehead atoms. The Kier molecular flexibility index (Phi) is 4.81. The monoisotopic (exact) mass is 279 g/mol. The highest BCUT2D eigenvalue weighted by atomic mass is 16.5. The molecular formula is C15H25N3O2.